The van der Waals surface area contributed by atoms with Crippen LogP contribution in [0.1, 0.15) is 60.4 Å². The third-order valence-corrected chi connectivity index (χ3v) is 7.48. The summed E-state index contributed by atoms with van der Waals surface area (Å²) in [5.74, 6) is 1.66. The fraction of sp³-hybridized carbons (Fsp3) is 0.414. The number of amides is 1. The zero-order chi connectivity index (χ0) is 25.2. The third kappa shape index (κ3) is 5.01. The van der Waals surface area contributed by atoms with Gasteiger partial charge in [-0.25, -0.2) is 4.98 Å². The molecule has 1 fully saturated rings. The largest absolute Gasteiger partial charge is 0.497 e. The molecule has 1 unspecified atom stereocenters. The fourth-order valence-corrected chi connectivity index (χ4v) is 5.59. The van der Waals surface area contributed by atoms with Crippen molar-refractivity contribution in [3.63, 3.8) is 0 Å². The van der Waals surface area contributed by atoms with Crippen LogP contribution in [0.15, 0.2) is 48.5 Å². The van der Waals surface area contributed by atoms with Crippen molar-refractivity contribution in [3.8, 4) is 5.75 Å². The molecule has 0 aliphatic heterocycles. The normalized spacial score (nSPS) is 21.2. The Kier molecular flexibility index (Phi) is 6.81. The molecule has 2 aromatic carbocycles. The Labute approximate surface area is 212 Å². The van der Waals surface area contributed by atoms with E-state index >= 15 is 0 Å². The van der Waals surface area contributed by atoms with E-state index in [4.69, 9.17) is 9.72 Å². The lowest BCUT2D eigenvalue weighted by molar-refractivity contribution is -0.122. The summed E-state index contributed by atoms with van der Waals surface area (Å²) in [6, 6.07) is 16.3. The van der Waals surface area contributed by atoms with Gasteiger partial charge in [0.05, 0.1) is 12.6 Å². The number of nitrogens with one attached hydrogen (secondary N) is 2. The van der Waals surface area contributed by atoms with E-state index in [1.54, 1.807) is 13.2 Å². The Hall–Kier alpha value is -3.61. The molecule has 188 valence electrons. The number of rotatable bonds is 7. The van der Waals surface area contributed by atoms with Crippen molar-refractivity contribution >= 4 is 34.1 Å². The summed E-state index contributed by atoms with van der Waals surface area (Å²) in [7, 11) is 5.72. The average molecular weight is 487 g/mol. The Bertz CT molecular complexity index is 1280. The molecule has 1 aromatic heterocycles. The lowest BCUT2D eigenvalue weighted by Crippen LogP contribution is -2.40. The van der Waals surface area contributed by atoms with E-state index in [-0.39, 0.29) is 23.7 Å². The minimum atomic E-state index is -0.0783. The second-order valence-electron chi connectivity index (χ2n) is 10.2. The minimum Gasteiger partial charge on any atom is -0.497 e. The maximum Gasteiger partial charge on any atom is 0.220 e. The van der Waals surface area contributed by atoms with Crippen LogP contribution in [0.5, 0.6) is 5.75 Å². The maximum absolute atomic E-state index is 12.9. The van der Waals surface area contributed by atoms with E-state index in [0.29, 0.717) is 18.9 Å². The molecule has 1 atom stereocenters. The van der Waals surface area contributed by atoms with E-state index in [1.807, 2.05) is 30.3 Å². The molecule has 0 radical (unpaired) electrons. The van der Waals surface area contributed by atoms with Crippen molar-refractivity contribution in [2.45, 2.75) is 56.5 Å². The number of benzene rings is 2. The topological polar surface area (TPSA) is 83.6 Å². The first-order valence-corrected chi connectivity index (χ1v) is 12.8. The molecule has 0 bridgehead atoms. The van der Waals surface area contributed by atoms with Gasteiger partial charge in [-0.15, -0.1) is 0 Å². The van der Waals surface area contributed by atoms with E-state index < -0.39 is 0 Å². The van der Waals surface area contributed by atoms with Gasteiger partial charge in [0.15, 0.2) is 5.78 Å². The second kappa shape index (κ2) is 10.2. The molecule has 2 aliphatic rings. The van der Waals surface area contributed by atoms with E-state index in [1.165, 1.54) is 0 Å². The van der Waals surface area contributed by atoms with Crippen LogP contribution in [-0.2, 0) is 4.79 Å². The first-order valence-electron chi connectivity index (χ1n) is 12.8. The van der Waals surface area contributed by atoms with Crippen molar-refractivity contribution in [2.75, 3.05) is 31.4 Å². The number of carbonyl (C=O) groups is 2. The fourth-order valence-electron chi connectivity index (χ4n) is 5.59. The number of ether oxygens (including phenoxy) is 1. The molecule has 5 rings (SSSR count). The van der Waals surface area contributed by atoms with Crippen LogP contribution in [-0.4, -0.2) is 50.0 Å². The Morgan fingerprint density at radius 2 is 1.81 bits per heavy atom. The second-order valence-corrected chi connectivity index (χ2v) is 10.2. The number of pyridine rings is 1. The monoisotopic (exact) mass is 486 g/mol. The molecular weight excluding hydrogens is 452 g/mol. The minimum absolute atomic E-state index is 0.0201. The first kappa shape index (κ1) is 24.1. The summed E-state index contributed by atoms with van der Waals surface area (Å²) in [5, 5.41) is 7.99. The van der Waals surface area contributed by atoms with Gasteiger partial charge in [-0.3, -0.25) is 9.59 Å². The third-order valence-electron chi connectivity index (χ3n) is 7.48. The molecule has 3 aromatic rings. The van der Waals surface area contributed by atoms with Crippen molar-refractivity contribution in [3.05, 3.63) is 59.7 Å². The smallest absolute Gasteiger partial charge is 0.220 e. The van der Waals surface area contributed by atoms with Crippen LogP contribution < -0.4 is 20.3 Å². The number of nitrogens with zero attached hydrogens (tertiary/aromatic N) is 2. The summed E-state index contributed by atoms with van der Waals surface area (Å²) < 4.78 is 5.32. The molecule has 7 nitrogen and oxygen atoms in total. The number of methoxy groups -OCH3 is 1. The SMILES string of the molecule is COc1ccc2c(c1)C(CC(=O)NC1CCC(Nc3cc(N(C)C)c4ccccc4n3)CC1)CC2=O. The molecule has 36 heavy (non-hydrogen) atoms. The highest BCUT2D eigenvalue weighted by Crippen LogP contribution is 2.37. The summed E-state index contributed by atoms with van der Waals surface area (Å²) in [6.45, 7) is 0. The predicted octanol–water partition coefficient (Wildman–Crippen LogP) is 4.91. The lowest BCUT2D eigenvalue weighted by Gasteiger charge is -2.30. The summed E-state index contributed by atoms with van der Waals surface area (Å²) in [5.41, 5.74) is 3.78. The van der Waals surface area contributed by atoms with E-state index in [0.717, 1.165) is 65.0 Å². The number of para-hydroxylation sites is 1. The number of hydrogen-bond donors (Lipinski definition) is 2. The van der Waals surface area contributed by atoms with Crippen molar-refractivity contribution < 1.29 is 14.3 Å². The molecule has 0 saturated heterocycles. The number of carbonyl (C=O) groups excluding carboxylic acids is 2. The number of anilines is 2. The van der Waals surface area contributed by atoms with Crippen LogP contribution in [0.4, 0.5) is 11.5 Å². The summed E-state index contributed by atoms with van der Waals surface area (Å²) >= 11 is 0. The van der Waals surface area contributed by atoms with Gasteiger partial charge in [0.25, 0.3) is 0 Å². The van der Waals surface area contributed by atoms with Crippen LogP contribution in [0, 0.1) is 0 Å². The lowest BCUT2D eigenvalue weighted by atomic mass is 9.90. The maximum atomic E-state index is 12.9. The molecule has 2 aliphatic carbocycles. The van der Waals surface area contributed by atoms with Gasteiger partial charge >= 0.3 is 0 Å². The Balaban J connectivity index is 1.16. The quantitative estimate of drug-likeness (QED) is 0.494. The molecule has 0 spiro atoms. The van der Waals surface area contributed by atoms with Gasteiger partial charge in [-0.2, -0.15) is 0 Å². The average Bonchev–Trinajstić information content (AvgIpc) is 3.18. The van der Waals surface area contributed by atoms with E-state index in [2.05, 4.69) is 41.8 Å². The number of hydrogen-bond acceptors (Lipinski definition) is 6. The summed E-state index contributed by atoms with van der Waals surface area (Å²) in [4.78, 5) is 32.2. The molecule has 1 heterocycles. The Morgan fingerprint density at radius 3 is 2.56 bits per heavy atom. The number of aromatic nitrogens is 1. The highest BCUT2D eigenvalue weighted by molar-refractivity contribution is 6.02. The van der Waals surface area contributed by atoms with Gasteiger partial charge in [0.2, 0.25) is 5.91 Å². The number of Topliss-reactive ketones (excluding diaryl/α,β-unsaturated/α-hetero) is 1. The van der Waals surface area contributed by atoms with Crippen LogP contribution >= 0.6 is 0 Å². The molecule has 1 saturated carbocycles. The molecule has 2 N–H and O–H groups in total. The van der Waals surface area contributed by atoms with Gasteiger partial charge in [-0.1, -0.05) is 18.2 Å². The van der Waals surface area contributed by atoms with Crippen LogP contribution in [0.25, 0.3) is 10.9 Å². The van der Waals surface area contributed by atoms with Crippen molar-refractivity contribution in [1.29, 1.82) is 0 Å². The summed E-state index contributed by atoms with van der Waals surface area (Å²) in [6.07, 6.45) is 4.51. The van der Waals surface area contributed by atoms with Crippen molar-refractivity contribution in [1.82, 2.24) is 10.3 Å². The highest BCUT2D eigenvalue weighted by atomic mass is 16.5. The highest BCUT2D eigenvalue weighted by Gasteiger charge is 2.32. The van der Waals surface area contributed by atoms with Crippen LogP contribution in [0.2, 0.25) is 0 Å². The van der Waals surface area contributed by atoms with Gasteiger partial charge in [0, 0.05) is 67.6 Å². The Morgan fingerprint density at radius 1 is 1.06 bits per heavy atom. The first-order chi connectivity index (χ1) is 17.4. The standard InChI is InChI=1S/C29H34N4O3/c1-33(2)26-17-28(32-25-7-5-4-6-23(25)26)30-19-8-10-20(11-9-19)31-29(35)15-18-14-27(34)22-13-12-21(36-3)16-24(18)22/h4-7,12-13,16-20H,8-11,14-15H2,1-3H3,(H,30,32)(H,31,35). The predicted molar refractivity (Wildman–Crippen MR) is 143 cm³/mol. The number of fused-ring (bicyclic) bond motifs is 2. The molecule has 1 amide bonds. The molecule has 7 heteroatoms. The van der Waals surface area contributed by atoms with Gasteiger partial charge in [-0.05, 0) is 55.5 Å². The van der Waals surface area contributed by atoms with Gasteiger partial charge < -0.3 is 20.3 Å². The molecular formula is C29H34N4O3. The number of ketones is 1. The van der Waals surface area contributed by atoms with Crippen LogP contribution in [0.3, 0.4) is 0 Å². The zero-order valence-electron chi connectivity index (χ0n) is 21.2. The van der Waals surface area contributed by atoms with Gasteiger partial charge in [0.1, 0.15) is 11.6 Å². The van der Waals surface area contributed by atoms with Crippen molar-refractivity contribution in [2.24, 2.45) is 0 Å². The van der Waals surface area contributed by atoms with E-state index in [9.17, 15) is 9.59 Å². The zero-order valence-corrected chi connectivity index (χ0v) is 21.2.